The molecule has 0 atom stereocenters. The van der Waals surface area contributed by atoms with Gasteiger partial charge in [0.05, 0.1) is 5.54 Å². The number of carbonyl (C=O) groups excluding carboxylic acids is 1. The van der Waals surface area contributed by atoms with E-state index in [1.807, 2.05) is 27.7 Å². The van der Waals surface area contributed by atoms with Gasteiger partial charge in [-0.25, -0.2) is 4.79 Å². The predicted molar refractivity (Wildman–Crippen MR) is 66.7 cm³/mol. The van der Waals surface area contributed by atoms with Gasteiger partial charge < -0.3 is 16.0 Å². The van der Waals surface area contributed by atoms with Crippen molar-refractivity contribution < 1.29 is 4.79 Å². The number of amides is 2. The average molecular weight is 228 g/mol. The van der Waals surface area contributed by atoms with Crippen LogP contribution in [0, 0.1) is 5.41 Å². The molecular weight excluding hydrogens is 204 g/mol. The molecule has 0 spiro atoms. The molecule has 16 heavy (non-hydrogen) atoms. The zero-order valence-corrected chi connectivity index (χ0v) is 10.8. The van der Waals surface area contributed by atoms with E-state index in [1.54, 1.807) is 4.90 Å². The topological polar surface area (TPSA) is 82.2 Å². The Balaban J connectivity index is 4.76. The Kier molecular flexibility index (Phi) is 5.85. The molecule has 0 fully saturated rings. The highest BCUT2D eigenvalue weighted by atomic mass is 16.2. The maximum Gasteiger partial charge on any atom is 0.318 e. The summed E-state index contributed by atoms with van der Waals surface area (Å²) in [6.45, 7) is 9.02. The lowest BCUT2D eigenvalue weighted by molar-refractivity contribution is 0.193. The van der Waals surface area contributed by atoms with E-state index in [4.69, 9.17) is 11.1 Å². The van der Waals surface area contributed by atoms with Crippen molar-refractivity contribution in [3.05, 3.63) is 0 Å². The molecular formula is C11H24N4O. The van der Waals surface area contributed by atoms with Crippen LogP contribution in [0.25, 0.3) is 0 Å². The second-order valence-electron chi connectivity index (χ2n) is 3.81. The molecule has 0 saturated carbocycles. The van der Waals surface area contributed by atoms with Crippen LogP contribution in [0.15, 0.2) is 0 Å². The largest absolute Gasteiger partial charge is 0.386 e. The van der Waals surface area contributed by atoms with Gasteiger partial charge in [-0.05, 0) is 26.7 Å². The first-order chi connectivity index (χ1) is 7.47. The lowest BCUT2D eigenvalue weighted by atomic mass is 9.91. The molecule has 0 bridgehead atoms. The molecule has 0 aliphatic rings. The number of rotatable bonds is 6. The summed E-state index contributed by atoms with van der Waals surface area (Å²) in [5, 5.41) is 10.5. The van der Waals surface area contributed by atoms with Crippen LogP contribution in [-0.2, 0) is 0 Å². The van der Waals surface area contributed by atoms with Crippen LogP contribution in [0.2, 0.25) is 0 Å². The molecule has 0 saturated heterocycles. The van der Waals surface area contributed by atoms with Crippen LogP contribution < -0.4 is 11.1 Å². The van der Waals surface area contributed by atoms with E-state index in [-0.39, 0.29) is 11.9 Å². The highest BCUT2D eigenvalue weighted by Crippen LogP contribution is 2.15. The molecule has 0 aliphatic heterocycles. The fourth-order valence-corrected chi connectivity index (χ4v) is 1.67. The summed E-state index contributed by atoms with van der Waals surface area (Å²) in [5.74, 6) is 0.0259. The van der Waals surface area contributed by atoms with Crippen molar-refractivity contribution in [3.63, 3.8) is 0 Å². The van der Waals surface area contributed by atoms with E-state index in [1.165, 1.54) is 0 Å². The molecule has 0 aromatic rings. The summed E-state index contributed by atoms with van der Waals surface area (Å²) in [5.41, 5.74) is 4.88. The molecule has 0 unspecified atom stereocenters. The quantitative estimate of drug-likeness (QED) is 0.476. The van der Waals surface area contributed by atoms with Crippen molar-refractivity contribution in [2.75, 3.05) is 13.1 Å². The van der Waals surface area contributed by atoms with Gasteiger partial charge in [-0.2, -0.15) is 0 Å². The number of amidine groups is 1. The Labute approximate surface area is 97.9 Å². The number of urea groups is 1. The van der Waals surface area contributed by atoms with Crippen LogP contribution in [0.1, 0.15) is 40.5 Å². The fourth-order valence-electron chi connectivity index (χ4n) is 1.67. The molecule has 5 heteroatoms. The van der Waals surface area contributed by atoms with Crippen LogP contribution in [0.5, 0.6) is 0 Å². The minimum atomic E-state index is -0.695. The van der Waals surface area contributed by atoms with Crippen molar-refractivity contribution in [1.29, 1.82) is 5.41 Å². The van der Waals surface area contributed by atoms with E-state index in [0.717, 1.165) is 0 Å². The molecule has 0 aromatic carbocycles. The molecule has 0 aliphatic carbocycles. The predicted octanol–water partition coefficient (Wildman–Crippen LogP) is 1.53. The van der Waals surface area contributed by atoms with Crippen LogP contribution in [0.3, 0.4) is 0 Å². The smallest absolute Gasteiger partial charge is 0.318 e. The molecule has 4 N–H and O–H groups in total. The molecule has 2 amide bonds. The molecule has 0 rings (SSSR count). The summed E-state index contributed by atoms with van der Waals surface area (Å²) in [6, 6.07) is -0.149. The van der Waals surface area contributed by atoms with Gasteiger partial charge in [0.25, 0.3) is 0 Å². The maximum absolute atomic E-state index is 11.9. The minimum absolute atomic E-state index is 0.0259. The zero-order chi connectivity index (χ0) is 12.8. The maximum atomic E-state index is 11.9. The molecule has 0 aromatic heterocycles. The van der Waals surface area contributed by atoms with E-state index < -0.39 is 5.54 Å². The van der Waals surface area contributed by atoms with E-state index >= 15 is 0 Å². The lowest BCUT2D eigenvalue weighted by Gasteiger charge is -2.34. The monoisotopic (exact) mass is 228 g/mol. The lowest BCUT2D eigenvalue weighted by Crippen LogP contribution is -2.59. The normalized spacial score (nSPS) is 11.0. The first-order valence-electron chi connectivity index (χ1n) is 5.88. The first-order valence-corrected chi connectivity index (χ1v) is 5.88. The van der Waals surface area contributed by atoms with E-state index in [9.17, 15) is 4.79 Å². The number of hydrogen-bond acceptors (Lipinski definition) is 2. The first kappa shape index (κ1) is 14.7. The number of hydrogen-bond donors (Lipinski definition) is 3. The SMILES string of the molecule is CCN(CC)C(=O)NC(CC)(CC)C(=N)N. The average Bonchev–Trinajstić information content (AvgIpc) is 2.27. The van der Waals surface area contributed by atoms with Crippen molar-refractivity contribution in [2.24, 2.45) is 5.73 Å². The van der Waals surface area contributed by atoms with Crippen molar-refractivity contribution in [1.82, 2.24) is 10.2 Å². The van der Waals surface area contributed by atoms with Gasteiger partial charge in [0.1, 0.15) is 5.84 Å². The van der Waals surface area contributed by atoms with Crippen molar-refractivity contribution in [2.45, 2.75) is 46.1 Å². The third kappa shape index (κ3) is 3.12. The number of carbonyl (C=O) groups is 1. The zero-order valence-electron chi connectivity index (χ0n) is 10.8. The van der Waals surface area contributed by atoms with Gasteiger partial charge in [0.2, 0.25) is 0 Å². The summed E-state index contributed by atoms with van der Waals surface area (Å²) in [4.78, 5) is 13.6. The second-order valence-corrected chi connectivity index (χ2v) is 3.81. The number of nitrogens with one attached hydrogen (secondary N) is 2. The van der Waals surface area contributed by atoms with Crippen molar-refractivity contribution in [3.8, 4) is 0 Å². The number of nitrogens with zero attached hydrogens (tertiary/aromatic N) is 1. The van der Waals surface area contributed by atoms with Gasteiger partial charge in [-0.1, -0.05) is 13.8 Å². The summed E-state index contributed by atoms with van der Waals surface area (Å²) in [6.07, 6.45) is 1.26. The molecule has 0 heterocycles. The van der Waals surface area contributed by atoms with Crippen molar-refractivity contribution >= 4 is 11.9 Å². The van der Waals surface area contributed by atoms with Gasteiger partial charge in [0.15, 0.2) is 0 Å². The third-order valence-corrected chi connectivity index (χ3v) is 3.12. The molecule has 5 nitrogen and oxygen atoms in total. The van der Waals surface area contributed by atoms with Gasteiger partial charge >= 0.3 is 6.03 Å². The highest BCUT2D eigenvalue weighted by molar-refractivity contribution is 5.91. The summed E-state index contributed by atoms with van der Waals surface area (Å²) < 4.78 is 0. The Morgan fingerprint density at radius 3 is 1.94 bits per heavy atom. The van der Waals surface area contributed by atoms with Crippen LogP contribution in [-0.4, -0.2) is 35.4 Å². The Morgan fingerprint density at radius 1 is 1.25 bits per heavy atom. The number of nitrogens with two attached hydrogens (primary N) is 1. The van der Waals surface area contributed by atoms with Gasteiger partial charge in [-0.15, -0.1) is 0 Å². The van der Waals surface area contributed by atoms with E-state index in [2.05, 4.69) is 5.32 Å². The summed E-state index contributed by atoms with van der Waals surface area (Å²) in [7, 11) is 0. The van der Waals surface area contributed by atoms with Crippen LogP contribution >= 0.6 is 0 Å². The standard InChI is InChI=1S/C11H24N4O/c1-5-11(6-2,9(12)13)14-10(16)15(7-3)8-4/h5-8H2,1-4H3,(H3,12,13)(H,14,16). The third-order valence-electron chi connectivity index (χ3n) is 3.12. The highest BCUT2D eigenvalue weighted by Gasteiger charge is 2.32. The molecule has 0 radical (unpaired) electrons. The minimum Gasteiger partial charge on any atom is -0.386 e. The summed E-state index contributed by atoms with van der Waals surface area (Å²) >= 11 is 0. The Hall–Kier alpha value is -1.26. The molecule has 94 valence electrons. The van der Waals surface area contributed by atoms with E-state index in [0.29, 0.717) is 25.9 Å². The van der Waals surface area contributed by atoms with Gasteiger partial charge in [-0.3, -0.25) is 5.41 Å². The Morgan fingerprint density at radius 2 is 1.69 bits per heavy atom. The van der Waals surface area contributed by atoms with Gasteiger partial charge in [0, 0.05) is 13.1 Å². The fraction of sp³-hybridized carbons (Fsp3) is 0.818. The second kappa shape index (κ2) is 6.35. The Bertz CT molecular complexity index is 244. The van der Waals surface area contributed by atoms with Crippen LogP contribution in [0.4, 0.5) is 4.79 Å².